The van der Waals surface area contributed by atoms with Crippen LogP contribution in [0.3, 0.4) is 0 Å². The number of nitrogens with one attached hydrogen (secondary N) is 1. The fourth-order valence-corrected chi connectivity index (χ4v) is 2.80. The molecule has 0 atom stereocenters. The number of ether oxygens (including phenoxy) is 2. The van der Waals surface area contributed by atoms with Gasteiger partial charge in [0.05, 0.1) is 24.9 Å². The second kappa shape index (κ2) is 8.00. The zero-order valence-corrected chi connectivity index (χ0v) is 13.6. The second-order valence-electron chi connectivity index (χ2n) is 4.71. The van der Waals surface area contributed by atoms with Crippen LogP contribution in [0, 0.1) is 6.92 Å². The molecule has 21 heavy (non-hydrogen) atoms. The highest BCUT2D eigenvalue weighted by atomic mass is 32.1. The maximum atomic E-state index is 5.95. The molecule has 0 saturated heterocycles. The number of aromatic nitrogens is 1. The number of methoxy groups -OCH3 is 1. The number of nitrogens with zero attached hydrogens (tertiary/aromatic N) is 1. The highest BCUT2D eigenvalue weighted by Crippen LogP contribution is 2.24. The van der Waals surface area contributed by atoms with Crippen LogP contribution in [0.2, 0.25) is 0 Å². The molecule has 2 aromatic rings. The molecule has 0 unspecified atom stereocenters. The van der Waals surface area contributed by atoms with Crippen LogP contribution in [0.5, 0.6) is 11.5 Å². The lowest BCUT2D eigenvalue weighted by atomic mass is 10.2. The zero-order chi connectivity index (χ0) is 15.1. The first-order valence-corrected chi connectivity index (χ1v) is 8.02. The predicted octanol–water partition coefficient (Wildman–Crippen LogP) is 3.19. The Morgan fingerprint density at radius 1 is 1.33 bits per heavy atom. The van der Waals surface area contributed by atoms with Crippen LogP contribution < -0.4 is 14.8 Å². The standard InChI is InChI=1S/C16H22N2O2S/c1-4-17-10-13-9-14(19-3)5-6-15(13)20-8-7-16-12(2)18-11-21-16/h5-6,9,11,17H,4,7-8,10H2,1-3H3. The maximum absolute atomic E-state index is 5.95. The van der Waals surface area contributed by atoms with E-state index < -0.39 is 0 Å². The third-order valence-electron chi connectivity index (χ3n) is 3.26. The van der Waals surface area contributed by atoms with Crippen molar-refractivity contribution in [1.29, 1.82) is 0 Å². The van der Waals surface area contributed by atoms with Gasteiger partial charge in [0.25, 0.3) is 0 Å². The molecule has 4 nitrogen and oxygen atoms in total. The first-order chi connectivity index (χ1) is 10.2. The van der Waals surface area contributed by atoms with E-state index in [0.29, 0.717) is 6.61 Å². The summed E-state index contributed by atoms with van der Waals surface area (Å²) in [5, 5.41) is 3.33. The molecule has 0 amide bonds. The zero-order valence-electron chi connectivity index (χ0n) is 12.8. The summed E-state index contributed by atoms with van der Waals surface area (Å²) in [5.74, 6) is 1.77. The van der Waals surface area contributed by atoms with Gasteiger partial charge in [0.2, 0.25) is 0 Å². The van der Waals surface area contributed by atoms with E-state index in [1.165, 1.54) is 4.88 Å². The van der Waals surface area contributed by atoms with Gasteiger partial charge < -0.3 is 14.8 Å². The normalized spacial score (nSPS) is 10.6. The van der Waals surface area contributed by atoms with Crippen molar-refractivity contribution in [2.45, 2.75) is 26.8 Å². The number of hydrogen-bond acceptors (Lipinski definition) is 5. The van der Waals surface area contributed by atoms with Crippen molar-refractivity contribution >= 4 is 11.3 Å². The Morgan fingerprint density at radius 2 is 2.19 bits per heavy atom. The SMILES string of the molecule is CCNCc1cc(OC)ccc1OCCc1scnc1C. The quantitative estimate of drug-likeness (QED) is 0.813. The van der Waals surface area contributed by atoms with Crippen molar-refractivity contribution in [1.82, 2.24) is 10.3 Å². The minimum atomic E-state index is 0.661. The van der Waals surface area contributed by atoms with Gasteiger partial charge in [0, 0.05) is 23.4 Å². The van der Waals surface area contributed by atoms with Gasteiger partial charge in [0.1, 0.15) is 11.5 Å². The second-order valence-corrected chi connectivity index (χ2v) is 5.65. The van der Waals surface area contributed by atoms with Crippen LogP contribution in [0.4, 0.5) is 0 Å². The van der Waals surface area contributed by atoms with Gasteiger partial charge in [-0.1, -0.05) is 6.92 Å². The molecule has 1 aromatic carbocycles. The monoisotopic (exact) mass is 306 g/mol. The van der Waals surface area contributed by atoms with E-state index >= 15 is 0 Å². The van der Waals surface area contributed by atoms with E-state index in [2.05, 4.69) is 17.2 Å². The summed E-state index contributed by atoms with van der Waals surface area (Å²) in [6.45, 7) is 6.50. The summed E-state index contributed by atoms with van der Waals surface area (Å²) in [5.41, 5.74) is 4.11. The molecule has 0 aliphatic heterocycles. The number of aryl methyl sites for hydroxylation is 1. The molecule has 0 saturated carbocycles. The average molecular weight is 306 g/mol. The maximum Gasteiger partial charge on any atom is 0.124 e. The summed E-state index contributed by atoms with van der Waals surface area (Å²) in [6, 6.07) is 5.93. The molecule has 5 heteroatoms. The molecule has 0 radical (unpaired) electrons. The van der Waals surface area contributed by atoms with Crippen molar-refractivity contribution in [3.05, 3.63) is 39.8 Å². The smallest absolute Gasteiger partial charge is 0.124 e. The number of hydrogen-bond donors (Lipinski definition) is 1. The highest BCUT2D eigenvalue weighted by molar-refractivity contribution is 7.09. The van der Waals surface area contributed by atoms with Crippen LogP contribution in [-0.4, -0.2) is 25.2 Å². The topological polar surface area (TPSA) is 43.4 Å². The van der Waals surface area contributed by atoms with Crippen molar-refractivity contribution in [2.75, 3.05) is 20.3 Å². The van der Waals surface area contributed by atoms with Gasteiger partial charge >= 0.3 is 0 Å². The van der Waals surface area contributed by atoms with Crippen LogP contribution in [-0.2, 0) is 13.0 Å². The number of benzene rings is 1. The van der Waals surface area contributed by atoms with Gasteiger partial charge in [-0.05, 0) is 31.7 Å². The molecular weight excluding hydrogens is 284 g/mol. The largest absolute Gasteiger partial charge is 0.497 e. The fourth-order valence-electron chi connectivity index (χ4n) is 2.04. The van der Waals surface area contributed by atoms with Crippen molar-refractivity contribution < 1.29 is 9.47 Å². The molecule has 0 aliphatic rings. The highest BCUT2D eigenvalue weighted by Gasteiger charge is 2.07. The van der Waals surface area contributed by atoms with E-state index in [9.17, 15) is 0 Å². The molecule has 0 fully saturated rings. The lowest BCUT2D eigenvalue weighted by Gasteiger charge is -2.13. The minimum Gasteiger partial charge on any atom is -0.497 e. The molecule has 1 heterocycles. The van der Waals surface area contributed by atoms with Gasteiger partial charge in [-0.3, -0.25) is 0 Å². The third kappa shape index (κ3) is 4.44. The van der Waals surface area contributed by atoms with Gasteiger partial charge in [-0.15, -0.1) is 11.3 Å². The average Bonchev–Trinajstić information content (AvgIpc) is 2.91. The molecule has 0 aliphatic carbocycles. The van der Waals surface area contributed by atoms with Crippen LogP contribution >= 0.6 is 11.3 Å². The Hall–Kier alpha value is -1.59. The van der Waals surface area contributed by atoms with Crippen molar-refractivity contribution in [2.24, 2.45) is 0 Å². The van der Waals surface area contributed by atoms with E-state index in [0.717, 1.165) is 42.3 Å². The Balaban J connectivity index is 1.99. The molecule has 114 valence electrons. The van der Waals surface area contributed by atoms with E-state index in [4.69, 9.17) is 9.47 Å². The summed E-state index contributed by atoms with van der Waals surface area (Å²) >= 11 is 1.69. The molecular formula is C16H22N2O2S. The molecule has 1 N–H and O–H groups in total. The van der Waals surface area contributed by atoms with Crippen LogP contribution in [0.1, 0.15) is 23.1 Å². The van der Waals surface area contributed by atoms with Crippen LogP contribution in [0.15, 0.2) is 23.7 Å². The van der Waals surface area contributed by atoms with Gasteiger partial charge in [0.15, 0.2) is 0 Å². The Labute approximate surface area is 130 Å². The summed E-state index contributed by atoms with van der Waals surface area (Å²) < 4.78 is 11.2. The Kier molecular flexibility index (Phi) is 6.02. The lowest BCUT2D eigenvalue weighted by Crippen LogP contribution is -2.13. The van der Waals surface area contributed by atoms with E-state index in [-0.39, 0.29) is 0 Å². The minimum absolute atomic E-state index is 0.661. The summed E-state index contributed by atoms with van der Waals surface area (Å²) in [4.78, 5) is 5.55. The molecule has 1 aromatic heterocycles. The Bertz CT molecular complexity index is 569. The van der Waals surface area contributed by atoms with Gasteiger partial charge in [-0.2, -0.15) is 0 Å². The lowest BCUT2D eigenvalue weighted by molar-refractivity contribution is 0.317. The fraction of sp³-hybridized carbons (Fsp3) is 0.438. The Morgan fingerprint density at radius 3 is 2.86 bits per heavy atom. The summed E-state index contributed by atoms with van der Waals surface area (Å²) in [7, 11) is 1.68. The number of thiazole rings is 1. The predicted molar refractivity (Wildman–Crippen MR) is 86.4 cm³/mol. The molecule has 2 rings (SSSR count). The van der Waals surface area contributed by atoms with E-state index in [1.807, 2.05) is 30.6 Å². The molecule has 0 spiro atoms. The molecule has 0 bridgehead atoms. The van der Waals surface area contributed by atoms with Crippen LogP contribution in [0.25, 0.3) is 0 Å². The van der Waals surface area contributed by atoms with E-state index in [1.54, 1.807) is 18.4 Å². The number of rotatable bonds is 8. The summed E-state index contributed by atoms with van der Waals surface area (Å²) in [6.07, 6.45) is 0.892. The van der Waals surface area contributed by atoms with Crippen molar-refractivity contribution in [3.8, 4) is 11.5 Å². The van der Waals surface area contributed by atoms with Crippen molar-refractivity contribution in [3.63, 3.8) is 0 Å². The first-order valence-electron chi connectivity index (χ1n) is 7.14. The van der Waals surface area contributed by atoms with Gasteiger partial charge in [-0.25, -0.2) is 4.98 Å². The first kappa shape index (κ1) is 15.8. The third-order valence-corrected chi connectivity index (χ3v) is 4.26.